The second-order valence-electron chi connectivity index (χ2n) is 3.49. The molecule has 1 heterocycles. The van der Waals surface area contributed by atoms with Crippen LogP contribution in [-0.2, 0) is 4.79 Å². The summed E-state index contributed by atoms with van der Waals surface area (Å²) in [6.45, 7) is 2.03. The van der Waals surface area contributed by atoms with Gasteiger partial charge in [0.05, 0.1) is 0 Å². The smallest absolute Gasteiger partial charge is 0.328 e. The van der Waals surface area contributed by atoms with E-state index in [4.69, 9.17) is 5.11 Å². The van der Waals surface area contributed by atoms with Crippen molar-refractivity contribution >= 4 is 22.9 Å². The molecule has 0 unspecified atom stereocenters. The van der Waals surface area contributed by atoms with Gasteiger partial charge in [-0.05, 0) is 31.2 Å². The van der Waals surface area contributed by atoms with Crippen LogP contribution in [0, 0.1) is 6.92 Å². The highest BCUT2D eigenvalue weighted by atomic mass is 16.4. The topological polar surface area (TPSA) is 53.1 Å². The van der Waals surface area contributed by atoms with E-state index in [-0.39, 0.29) is 0 Å². The number of nitrogens with one attached hydrogen (secondary N) is 1. The quantitative estimate of drug-likeness (QED) is 0.734. The fraction of sp³-hybridized carbons (Fsp3) is 0.0833. The maximum absolute atomic E-state index is 10.3. The Hall–Kier alpha value is -2.03. The van der Waals surface area contributed by atoms with Gasteiger partial charge in [-0.25, -0.2) is 4.79 Å². The van der Waals surface area contributed by atoms with Gasteiger partial charge in [-0.15, -0.1) is 0 Å². The van der Waals surface area contributed by atoms with Crippen molar-refractivity contribution in [3.05, 3.63) is 41.6 Å². The number of rotatable bonds is 2. The molecule has 3 heteroatoms. The van der Waals surface area contributed by atoms with Crippen LogP contribution in [0.15, 0.2) is 30.3 Å². The van der Waals surface area contributed by atoms with Crippen LogP contribution < -0.4 is 0 Å². The van der Waals surface area contributed by atoms with Crippen molar-refractivity contribution in [1.29, 1.82) is 0 Å². The molecule has 0 spiro atoms. The SMILES string of the molecule is Cc1ccc2[nH]c(/C=C/C(=O)O)cc2c1. The van der Waals surface area contributed by atoms with E-state index in [1.807, 2.05) is 25.1 Å². The number of benzene rings is 1. The number of carbonyl (C=O) groups is 1. The van der Waals surface area contributed by atoms with Gasteiger partial charge in [0.2, 0.25) is 0 Å². The Kier molecular flexibility index (Phi) is 2.29. The molecule has 0 aliphatic rings. The van der Waals surface area contributed by atoms with Crippen molar-refractivity contribution in [2.45, 2.75) is 6.92 Å². The number of carboxylic acid groups (broad SMARTS) is 1. The van der Waals surface area contributed by atoms with Gasteiger partial charge >= 0.3 is 5.97 Å². The third-order valence-corrected chi connectivity index (χ3v) is 2.20. The predicted molar refractivity (Wildman–Crippen MR) is 59.7 cm³/mol. The molecule has 1 aromatic heterocycles. The van der Waals surface area contributed by atoms with Crippen molar-refractivity contribution in [2.24, 2.45) is 0 Å². The first-order valence-corrected chi connectivity index (χ1v) is 4.65. The van der Waals surface area contributed by atoms with Crippen LogP contribution in [0.5, 0.6) is 0 Å². The lowest BCUT2D eigenvalue weighted by atomic mass is 10.2. The number of carboxylic acids is 1. The Labute approximate surface area is 87.0 Å². The molecule has 15 heavy (non-hydrogen) atoms. The third-order valence-electron chi connectivity index (χ3n) is 2.20. The predicted octanol–water partition coefficient (Wildman–Crippen LogP) is 2.57. The zero-order valence-corrected chi connectivity index (χ0v) is 8.32. The molecule has 3 nitrogen and oxygen atoms in total. The minimum absolute atomic E-state index is 0.804. The molecule has 0 aliphatic heterocycles. The van der Waals surface area contributed by atoms with Crippen molar-refractivity contribution in [1.82, 2.24) is 4.98 Å². The number of aromatic nitrogens is 1. The highest BCUT2D eigenvalue weighted by Gasteiger charge is 1.98. The van der Waals surface area contributed by atoms with E-state index >= 15 is 0 Å². The molecule has 0 bridgehead atoms. The summed E-state index contributed by atoms with van der Waals surface area (Å²) in [5.74, 6) is -0.940. The summed E-state index contributed by atoms with van der Waals surface area (Å²) in [5.41, 5.74) is 3.01. The number of aliphatic carboxylic acids is 1. The number of fused-ring (bicyclic) bond motifs is 1. The molecule has 2 aromatic rings. The van der Waals surface area contributed by atoms with Gasteiger partial charge in [-0.2, -0.15) is 0 Å². The van der Waals surface area contributed by atoms with Gasteiger partial charge in [-0.1, -0.05) is 11.6 Å². The summed E-state index contributed by atoms with van der Waals surface area (Å²) >= 11 is 0. The Morgan fingerprint density at radius 2 is 2.20 bits per heavy atom. The number of hydrogen-bond donors (Lipinski definition) is 2. The highest BCUT2D eigenvalue weighted by molar-refractivity contribution is 5.88. The highest BCUT2D eigenvalue weighted by Crippen LogP contribution is 2.17. The van der Waals surface area contributed by atoms with E-state index in [2.05, 4.69) is 11.1 Å². The van der Waals surface area contributed by atoms with Crippen molar-refractivity contribution in [3.8, 4) is 0 Å². The Balaban J connectivity index is 2.43. The Bertz CT molecular complexity index is 538. The monoisotopic (exact) mass is 201 g/mol. The van der Waals surface area contributed by atoms with Crippen LogP contribution in [-0.4, -0.2) is 16.1 Å². The molecule has 0 radical (unpaired) electrons. The van der Waals surface area contributed by atoms with Gasteiger partial charge in [0, 0.05) is 22.7 Å². The first-order valence-electron chi connectivity index (χ1n) is 4.65. The van der Waals surface area contributed by atoms with Crippen LogP contribution in [0.4, 0.5) is 0 Å². The van der Waals surface area contributed by atoms with Gasteiger partial charge < -0.3 is 10.1 Å². The minimum atomic E-state index is -0.940. The zero-order valence-electron chi connectivity index (χ0n) is 8.32. The summed E-state index contributed by atoms with van der Waals surface area (Å²) in [6, 6.07) is 8.00. The second kappa shape index (κ2) is 3.61. The number of H-pyrrole nitrogens is 1. The normalized spacial score (nSPS) is 11.3. The van der Waals surface area contributed by atoms with E-state index in [9.17, 15) is 4.79 Å². The summed E-state index contributed by atoms with van der Waals surface area (Å²) in [5, 5.41) is 9.59. The lowest BCUT2D eigenvalue weighted by Crippen LogP contribution is -1.85. The van der Waals surface area contributed by atoms with E-state index in [0.717, 1.165) is 22.7 Å². The van der Waals surface area contributed by atoms with E-state index in [0.29, 0.717) is 0 Å². The van der Waals surface area contributed by atoms with E-state index in [1.54, 1.807) is 6.08 Å². The summed E-state index contributed by atoms with van der Waals surface area (Å²) in [4.78, 5) is 13.5. The maximum Gasteiger partial charge on any atom is 0.328 e. The van der Waals surface area contributed by atoms with Crippen LogP contribution in [0.1, 0.15) is 11.3 Å². The summed E-state index contributed by atoms with van der Waals surface area (Å²) in [6.07, 6.45) is 2.68. The third kappa shape index (κ3) is 2.07. The van der Waals surface area contributed by atoms with Gasteiger partial charge in [-0.3, -0.25) is 0 Å². The summed E-state index contributed by atoms with van der Waals surface area (Å²) < 4.78 is 0. The fourth-order valence-corrected chi connectivity index (χ4v) is 1.53. The van der Waals surface area contributed by atoms with Crippen LogP contribution in [0.25, 0.3) is 17.0 Å². The Morgan fingerprint density at radius 1 is 1.40 bits per heavy atom. The molecule has 0 saturated heterocycles. The number of hydrogen-bond acceptors (Lipinski definition) is 1. The average molecular weight is 201 g/mol. The minimum Gasteiger partial charge on any atom is -0.478 e. The van der Waals surface area contributed by atoms with Crippen LogP contribution in [0.2, 0.25) is 0 Å². The molecule has 0 amide bonds. The van der Waals surface area contributed by atoms with Gasteiger partial charge in [0.25, 0.3) is 0 Å². The number of aromatic amines is 1. The second-order valence-corrected chi connectivity index (χ2v) is 3.49. The van der Waals surface area contributed by atoms with Crippen LogP contribution >= 0.6 is 0 Å². The van der Waals surface area contributed by atoms with Crippen molar-refractivity contribution in [2.75, 3.05) is 0 Å². The lowest BCUT2D eigenvalue weighted by molar-refractivity contribution is -0.131. The molecule has 2 N–H and O–H groups in total. The fourth-order valence-electron chi connectivity index (χ4n) is 1.53. The largest absolute Gasteiger partial charge is 0.478 e. The number of aryl methyl sites for hydroxylation is 1. The molecule has 0 fully saturated rings. The van der Waals surface area contributed by atoms with Crippen molar-refractivity contribution in [3.63, 3.8) is 0 Å². The molecule has 1 aromatic carbocycles. The standard InChI is InChI=1S/C12H11NO2/c1-8-2-4-11-9(6-8)7-10(13-11)3-5-12(14)15/h2-7,13H,1H3,(H,14,15)/b5-3+. The van der Waals surface area contributed by atoms with E-state index in [1.165, 1.54) is 5.56 Å². The Morgan fingerprint density at radius 3 is 2.93 bits per heavy atom. The van der Waals surface area contributed by atoms with Crippen molar-refractivity contribution < 1.29 is 9.90 Å². The molecular weight excluding hydrogens is 190 g/mol. The zero-order chi connectivity index (χ0) is 10.8. The summed E-state index contributed by atoms with van der Waals surface area (Å²) in [7, 11) is 0. The maximum atomic E-state index is 10.3. The molecule has 76 valence electrons. The van der Waals surface area contributed by atoms with Crippen LogP contribution in [0.3, 0.4) is 0 Å². The first kappa shape index (κ1) is 9.52. The van der Waals surface area contributed by atoms with E-state index < -0.39 is 5.97 Å². The molecule has 0 saturated carbocycles. The lowest BCUT2D eigenvalue weighted by Gasteiger charge is -1.90. The molecule has 0 aliphatic carbocycles. The molecule has 2 rings (SSSR count). The first-order chi connectivity index (χ1) is 7.15. The molecular formula is C12H11NO2. The molecule has 0 atom stereocenters. The van der Waals surface area contributed by atoms with Gasteiger partial charge in [0.15, 0.2) is 0 Å². The average Bonchev–Trinajstić information content (AvgIpc) is 2.56. The van der Waals surface area contributed by atoms with Gasteiger partial charge in [0.1, 0.15) is 0 Å².